The van der Waals surface area contributed by atoms with Gasteiger partial charge in [-0.15, -0.1) is 0 Å². The highest BCUT2D eigenvalue weighted by Crippen LogP contribution is 2.35. The van der Waals surface area contributed by atoms with Gasteiger partial charge in [0.05, 0.1) is 28.2 Å². The molecule has 0 saturated carbocycles. The van der Waals surface area contributed by atoms with E-state index >= 15 is 0 Å². The van der Waals surface area contributed by atoms with Crippen LogP contribution >= 0.6 is 23.2 Å². The smallest absolute Gasteiger partial charge is 0.338 e. The third-order valence-electron chi connectivity index (χ3n) is 4.67. The van der Waals surface area contributed by atoms with E-state index in [2.05, 4.69) is 5.32 Å². The summed E-state index contributed by atoms with van der Waals surface area (Å²) in [5, 5.41) is 3.27. The minimum Gasteiger partial charge on any atom is -0.449 e. The Hall–Kier alpha value is -2.29. The maximum atomic E-state index is 12.5. The molecule has 0 aromatic heterocycles. The lowest BCUT2D eigenvalue weighted by atomic mass is 10.1. The molecule has 1 heterocycles. The van der Waals surface area contributed by atoms with Crippen molar-refractivity contribution >= 4 is 56.5 Å². The summed E-state index contributed by atoms with van der Waals surface area (Å²) in [6, 6.07) is 9.03. The van der Waals surface area contributed by atoms with Gasteiger partial charge in [0, 0.05) is 11.1 Å². The number of rotatable bonds is 5. The fourth-order valence-corrected chi connectivity index (χ4v) is 5.06. The van der Waals surface area contributed by atoms with Gasteiger partial charge in [-0.05, 0) is 62.2 Å². The van der Waals surface area contributed by atoms with E-state index in [1.54, 1.807) is 31.2 Å². The van der Waals surface area contributed by atoms with Crippen LogP contribution in [0.4, 0.5) is 11.4 Å². The van der Waals surface area contributed by atoms with E-state index in [-0.39, 0.29) is 16.6 Å². The molecule has 2 atom stereocenters. The van der Waals surface area contributed by atoms with Gasteiger partial charge in [0.1, 0.15) is 0 Å². The van der Waals surface area contributed by atoms with Crippen molar-refractivity contribution in [3.8, 4) is 0 Å². The Bertz CT molecular complexity index is 1120. The summed E-state index contributed by atoms with van der Waals surface area (Å²) in [5.41, 5.74) is 1.86. The topological polar surface area (TPSA) is 92.8 Å². The normalized spacial score (nSPS) is 16.7. The first-order valence-electron chi connectivity index (χ1n) is 9.06. The summed E-state index contributed by atoms with van der Waals surface area (Å²) >= 11 is 11.9. The van der Waals surface area contributed by atoms with E-state index in [1.165, 1.54) is 23.4 Å². The maximum absolute atomic E-state index is 12.5. The molecule has 2 unspecified atom stereocenters. The van der Waals surface area contributed by atoms with Gasteiger partial charge in [0.15, 0.2) is 6.10 Å². The molecule has 1 amide bonds. The Morgan fingerprint density at radius 2 is 1.90 bits per heavy atom. The molecule has 2 aromatic rings. The zero-order chi connectivity index (χ0) is 22.2. The van der Waals surface area contributed by atoms with Crippen molar-refractivity contribution in [3.05, 3.63) is 57.6 Å². The predicted octanol–water partition coefficient (Wildman–Crippen LogP) is 3.89. The molecular formula is C20H20Cl2N2O5S. The number of carbonyl (C=O) groups excluding carboxylic acids is 2. The number of halogens is 2. The van der Waals surface area contributed by atoms with Gasteiger partial charge in [-0.25, -0.2) is 13.2 Å². The minimum atomic E-state index is -3.42. The third kappa shape index (κ3) is 4.71. The van der Waals surface area contributed by atoms with E-state index in [0.29, 0.717) is 22.8 Å². The lowest BCUT2D eigenvalue weighted by Crippen LogP contribution is -2.34. The Morgan fingerprint density at radius 3 is 2.53 bits per heavy atom. The van der Waals surface area contributed by atoms with Crippen LogP contribution in [-0.2, 0) is 26.0 Å². The number of hydrogen-bond acceptors (Lipinski definition) is 5. The number of ether oxygens (including phenoxy) is 1. The van der Waals surface area contributed by atoms with Crippen molar-refractivity contribution in [1.82, 2.24) is 0 Å². The van der Waals surface area contributed by atoms with Gasteiger partial charge in [-0.1, -0.05) is 23.2 Å². The summed E-state index contributed by atoms with van der Waals surface area (Å²) in [6.07, 6.45) is 0.548. The Kier molecular flexibility index (Phi) is 6.31. The van der Waals surface area contributed by atoms with Crippen LogP contribution in [0.2, 0.25) is 10.0 Å². The van der Waals surface area contributed by atoms with E-state index in [1.807, 2.05) is 0 Å². The molecule has 0 aliphatic carbocycles. The summed E-state index contributed by atoms with van der Waals surface area (Å²) in [5.74, 6) is -1.24. The van der Waals surface area contributed by atoms with Crippen LogP contribution in [0.25, 0.3) is 0 Å². The van der Waals surface area contributed by atoms with E-state index in [4.69, 9.17) is 27.9 Å². The average Bonchev–Trinajstić information content (AvgIpc) is 2.98. The second-order valence-corrected chi connectivity index (χ2v) is 9.82. The van der Waals surface area contributed by atoms with Crippen LogP contribution in [0, 0.1) is 0 Å². The molecular weight excluding hydrogens is 451 g/mol. The summed E-state index contributed by atoms with van der Waals surface area (Å²) in [6.45, 7) is 3.24. The molecule has 0 bridgehead atoms. The van der Waals surface area contributed by atoms with Gasteiger partial charge >= 0.3 is 5.97 Å². The SMILES string of the molecule is CC(OC(=O)c1ccc2c(c1)CC(C)N2S(C)(=O)=O)C(=O)Nc1ccc(Cl)cc1Cl. The first-order chi connectivity index (χ1) is 14.0. The highest BCUT2D eigenvalue weighted by atomic mass is 35.5. The van der Waals surface area contributed by atoms with Gasteiger partial charge < -0.3 is 10.1 Å². The first kappa shape index (κ1) is 22.4. The number of nitrogens with one attached hydrogen (secondary N) is 1. The van der Waals surface area contributed by atoms with E-state index in [0.717, 1.165) is 11.8 Å². The number of hydrogen-bond donors (Lipinski definition) is 1. The molecule has 7 nitrogen and oxygen atoms in total. The largest absolute Gasteiger partial charge is 0.449 e. The first-order valence-corrected chi connectivity index (χ1v) is 11.7. The van der Waals surface area contributed by atoms with Crippen LogP contribution in [0.1, 0.15) is 29.8 Å². The van der Waals surface area contributed by atoms with Crippen molar-refractivity contribution in [2.75, 3.05) is 15.9 Å². The number of amides is 1. The Balaban J connectivity index is 1.70. The van der Waals surface area contributed by atoms with E-state index in [9.17, 15) is 18.0 Å². The summed E-state index contributed by atoms with van der Waals surface area (Å²) in [4.78, 5) is 24.9. The van der Waals surface area contributed by atoms with Crippen molar-refractivity contribution in [2.45, 2.75) is 32.4 Å². The molecule has 0 spiro atoms. The highest BCUT2D eigenvalue weighted by molar-refractivity contribution is 7.92. The van der Waals surface area contributed by atoms with Crippen LogP contribution in [-0.4, -0.2) is 38.7 Å². The number of carbonyl (C=O) groups is 2. The van der Waals surface area contributed by atoms with E-state index < -0.39 is 28.0 Å². The second-order valence-electron chi connectivity index (χ2n) is 7.12. The fraction of sp³-hybridized carbons (Fsp3) is 0.300. The number of nitrogens with zero attached hydrogens (tertiary/aromatic N) is 1. The fourth-order valence-electron chi connectivity index (χ4n) is 3.34. The summed E-state index contributed by atoms with van der Waals surface area (Å²) < 4.78 is 30.6. The monoisotopic (exact) mass is 470 g/mol. The lowest BCUT2D eigenvalue weighted by molar-refractivity contribution is -0.123. The predicted molar refractivity (Wildman–Crippen MR) is 117 cm³/mol. The molecule has 160 valence electrons. The average molecular weight is 471 g/mol. The van der Waals surface area contributed by atoms with Crippen LogP contribution in [0.3, 0.4) is 0 Å². The van der Waals surface area contributed by atoms with Crippen LogP contribution in [0.15, 0.2) is 36.4 Å². The van der Waals surface area contributed by atoms with Crippen LogP contribution < -0.4 is 9.62 Å². The molecule has 0 saturated heterocycles. The van der Waals surface area contributed by atoms with Gasteiger partial charge in [-0.2, -0.15) is 0 Å². The number of sulfonamides is 1. The standard InChI is InChI=1S/C20H20Cl2N2O5S/c1-11-8-14-9-13(4-7-18(14)24(11)30(3,27)28)20(26)29-12(2)19(25)23-17-6-5-15(21)10-16(17)22/h4-7,9-12H,8H2,1-3H3,(H,23,25). The number of benzene rings is 2. The lowest BCUT2D eigenvalue weighted by Gasteiger charge is -2.22. The molecule has 3 rings (SSSR count). The second kappa shape index (κ2) is 8.45. The number of esters is 1. The van der Waals surface area contributed by atoms with Crippen molar-refractivity contribution in [1.29, 1.82) is 0 Å². The van der Waals surface area contributed by atoms with Crippen molar-refractivity contribution < 1.29 is 22.7 Å². The quantitative estimate of drug-likeness (QED) is 0.668. The Morgan fingerprint density at radius 1 is 1.20 bits per heavy atom. The van der Waals surface area contributed by atoms with Gasteiger partial charge in [0.25, 0.3) is 5.91 Å². The summed E-state index contributed by atoms with van der Waals surface area (Å²) in [7, 11) is -3.42. The molecule has 30 heavy (non-hydrogen) atoms. The molecule has 1 N–H and O–H groups in total. The zero-order valence-corrected chi connectivity index (χ0v) is 18.8. The van der Waals surface area contributed by atoms with Crippen LogP contribution in [0.5, 0.6) is 0 Å². The maximum Gasteiger partial charge on any atom is 0.338 e. The highest BCUT2D eigenvalue weighted by Gasteiger charge is 2.33. The number of anilines is 2. The van der Waals surface area contributed by atoms with Crippen molar-refractivity contribution in [2.24, 2.45) is 0 Å². The van der Waals surface area contributed by atoms with Crippen molar-refractivity contribution in [3.63, 3.8) is 0 Å². The zero-order valence-electron chi connectivity index (χ0n) is 16.5. The molecule has 1 aliphatic rings. The molecule has 1 aliphatic heterocycles. The molecule has 2 aromatic carbocycles. The van der Waals surface area contributed by atoms with Gasteiger partial charge in [0.2, 0.25) is 10.0 Å². The molecule has 0 fully saturated rings. The minimum absolute atomic E-state index is 0.237. The molecule has 10 heteroatoms. The van der Waals surface area contributed by atoms with Gasteiger partial charge in [-0.3, -0.25) is 9.10 Å². The Labute approximate surface area is 185 Å². The molecule has 0 radical (unpaired) electrons. The third-order valence-corrected chi connectivity index (χ3v) is 6.49. The number of fused-ring (bicyclic) bond motifs is 1.